The van der Waals surface area contributed by atoms with Crippen LogP contribution in [0.1, 0.15) is 37.3 Å². The van der Waals surface area contributed by atoms with E-state index in [-0.39, 0.29) is 11.6 Å². The summed E-state index contributed by atoms with van der Waals surface area (Å²) in [6.07, 6.45) is 2.48. The highest BCUT2D eigenvalue weighted by Crippen LogP contribution is 2.27. The number of likely N-dealkylation sites (tertiary alicyclic amines) is 1. The fourth-order valence-corrected chi connectivity index (χ4v) is 3.09. The summed E-state index contributed by atoms with van der Waals surface area (Å²) in [4.78, 5) is 15.1. The van der Waals surface area contributed by atoms with Gasteiger partial charge in [-0.05, 0) is 51.7 Å². The molecule has 0 aromatic carbocycles. The van der Waals surface area contributed by atoms with Crippen molar-refractivity contribution in [2.24, 2.45) is 0 Å². The summed E-state index contributed by atoms with van der Waals surface area (Å²) >= 11 is 1.32. The summed E-state index contributed by atoms with van der Waals surface area (Å²) in [6.45, 7) is 9.62. The number of amides is 2. The fourth-order valence-electron chi connectivity index (χ4n) is 2.52. The number of carbonyl (C=O) groups excluding carboxylic acids is 1. The van der Waals surface area contributed by atoms with Crippen LogP contribution in [0.5, 0.6) is 0 Å². The number of rotatable bonds is 5. The van der Waals surface area contributed by atoms with Gasteiger partial charge in [-0.15, -0.1) is 5.10 Å². The Balaban J connectivity index is 1.64. The minimum Gasteiger partial charge on any atom is -0.337 e. The summed E-state index contributed by atoms with van der Waals surface area (Å²) in [5.74, 6) is 0. The highest BCUT2D eigenvalue weighted by atomic mass is 32.1. The third kappa shape index (κ3) is 3.89. The number of hydrogen-bond donors (Lipinski definition) is 2. The van der Waals surface area contributed by atoms with Gasteiger partial charge >= 0.3 is 6.03 Å². The van der Waals surface area contributed by atoms with Gasteiger partial charge in [-0.25, -0.2) is 4.79 Å². The Morgan fingerprint density at radius 2 is 2.25 bits per heavy atom. The van der Waals surface area contributed by atoms with E-state index in [0.29, 0.717) is 13.1 Å². The number of hydrogen-bond acceptors (Lipinski definition) is 5. The molecule has 0 aliphatic carbocycles. The molecular formula is C13H23N5OS. The molecule has 2 amide bonds. The van der Waals surface area contributed by atoms with Gasteiger partial charge in [0.2, 0.25) is 0 Å². The zero-order valence-electron chi connectivity index (χ0n) is 12.4. The molecule has 1 aliphatic heterocycles. The van der Waals surface area contributed by atoms with Crippen molar-refractivity contribution in [2.75, 3.05) is 19.6 Å². The van der Waals surface area contributed by atoms with Crippen LogP contribution in [0.3, 0.4) is 0 Å². The summed E-state index contributed by atoms with van der Waals surface area (Å²) in [5.41, 5.74) is 1.15. The lowest BCUT2D eigenvalue weighted by Gasteiger charge is -2.31. The predicted molar refractivity (Wildman–Crippen MR) is 79.8 cm³/mol. The fraction of sp³-hybridized carbons (Fsp3) is 0.769. The largest absolute Gasteiger partial charge is 0.337 e. The number of nitrogens with one attached hydrogen (secondary N) is 2. The second-order valence-electron chi connectivity index (χ2n) is 5.79. The van der Waals surface area contributed by atoms with Crippen molar-refractivity contribution in [1.29, 1.82) is 0 Å². The van der Waals surface area contributed by atoms with Crippen LogP contribution in [-0.2, 0) is 6.54 Å². The third-order valence-electron chi connectivity index (χ3n) is 3.89. The molecule has 0 radical (unpaired) electrons. The molecule has 0 unspecified atom stereocenters. The first-order valence-corrected chi connectivity index (χ1v) is 7.81. The molecule has 2 heterocycles. The zero-order valence-corrected chi connectivity index (χ0v) is 13.2. The minimum atomic E-state index is -0.130. The maximum atomic E-state index is 11.7. The van der Waals surface area contributed by atoms with Gasteiger partial charge in [-0.1, -0.05) is 4.49 Å². The highest BCUT2D eigenvalue weighted by Gasteiger charge is 2.31. The van der Waals surface area contributed by atoms with E-state index in [0.717, 1.165) is 23.7 Å². The molecule has 0 saturated carbocycles. The van der Waals surface area contributed by atoms with Crippen molar-refractivity contribution in [1.82, 2.24) is 25.1 Å². The molecule has 1 fully saturated rings. The summed E-state index contributed by atoms with van der Waals surface area (Å²) in [7, 11) is 0. The number of carbonyl (C=O) groups is 1. The summed E-state index contributed by atoms with van der Waals surface area (Å²) in [6, 6.07) is -0.130. The molecule has 2 N–H and O–H groups in total. The van der Waals surface area contributed by atoms with Crippen molar-refractivity contribution in [3.8, 4) is 0 Å². The maximum absolute atomic E-state index is 11.7. The second-order valence-corrected chi connectivity index (χ2v) is 6.63. The number of urea groups is 1. The van der Waals surface area contributed by atoms with Gasteiger partial charge < -0.3 is 10.6 Å². The molecular weight excluding hydrogens is 274 g/mol. The molecule has 0 spiro atoms. The van der Waals surface area contributed by atoms with Gasteiger partial charge in [0.05, 0.1) is 17.1 Å². The van der Waals surface area contributed by atoms with Gasteiger partial charge in [0.1, 0.15) is 0 Å². The van der Waals surface area contributed by atoms with Gasteiger partial charge in [-0.3, -0.25) is 4.90 Å². The van der Waals surface area contributed by atoms with E-state index in [1.165, 1.54) is 24.4 Å². The number of aromatic nitrogens is 2. The molecule has 7 heteroatoms. The van der Waals surface area contributed by atoms with Crippen LogP contribution < -0.4 is 10.6 Å². The Labute approximate surface area is 124 Å². The molecule has 1 aromatic heterocycles. The van der Waals surface area contributed by atoms with Gasteiger partial charge in [-0.2, -0.15) is 0 Å². The van der Waals surface area contributed by atoms with Gasteiger partial charge in [0, 0.05) is 18.6 Å². The van der Waals surface area contributed by atoms with E-state index >= 15 is 0 Å². The molecule has 2 rings (SSSR count). The van der Waals surface area contributed by atoms with E-state index in [1.54, 1.807) is 0 Å². The zero-order chi connectivity index (χ0) is 14.6. The first-order valence-electron chi connectivity index (χ1n) is 7.03. The SMILES string of the molecule is Cc1nnsc1CNC(=O)NCCN1CCCC1(C)C. The van der Waals surface area contributed by atoms with E-state index in [4.69, 9.17) is 0 Å². The third-order valence-corrected chi connectivity index (χ3v) is 4.72. The maximum Gasteiger partial charge on any atom is 0.315 e. The Bertz CT molecular complexity index is 459. The van der Waals surface area contributed by atoms with Crippen LogP contribution >= 0.6 is 11.5 Å². The van der Waals surface area contributed by atoms with Crippen molar-refractivity contribution >= 4 is 17.6 Å². The van der Waals surface area contributed by atoms with Crippen LogP contribution in [-0.4, -0.2) is 45.7 Å². The van der Waals surface area contributed by atoms with E-state index < -0.39 is 0 Å². The minimum absolute atomic E-state index is 0.130. The van der Waals surface area contributed by atoms with Crippen LogP contribution in [0.4, 0.5) is 4.79 Å². The van der Waals surface area contributed by atoms with Gasteiger partial charge in [0.25, 0.3) is 0 Å². The highest BCUT2D eigenvalue weighted by molar-refractivity contribution is 7.05. The van der Waals surface area contributed by atoms with Crippen molar-refractivity contribution in [3.05, 3.63) is 10.6 Å². The Morgan fingerprint density at radius 3 is 2.85 bits per heavy atom. The van der Waals surface area contributed by atoms with E-state index in [2.05, 4.69) is 39.0 Å². The quantitative estimate of drug-likeness (QED) is 0.864. The monoisotopic (exact) mass is 297 g/mol. The number of nitrogens with zero attached hydrogens (tertiary/aromatic N) is 3. The lowest BCUT2D eigenvalue weighted by molar-refractivity contribution is 0.175. The Morgan fingerprint density at radius 1 is 1.45 bits per heavy atom. The lowest BCUT2D eigenvalue weighted by atomic mass is 10.0. The van der Waals surface area contributed by atoms with E-state index in [1.807, 2.05) is 6.92 Å². The summed E-state index contributed by atoms with van der Waals surface area (Å²) < 4.78 is 3.84. The smallest absolute Gasteiger partial charge is 0.315 e. The van der Waals surface area contributed by atoms with Crippen molar-refractivity contribution in [3.63, 3.8) is 0 Å². The summed E-state index contributed by atoms with van der Waals surface area (Å²) in [5, 5.41) is 9.65. The first kappa shape index (κ1) is 15.2. The Kier molecular flexibility index (Phi) is 4.93. The average Bonchev–Trinajstić information content (AvgIpc) is 2.93. The molecule has 1 saturated heterocycles. The standard InChI is InChI=1S/C13H23N5OS/c1-10-11(20-17-16-10)9-15-12(19)14-6-8-18-7-4-5-13(18,2)3/h4-9H2,1-3H3,(H2,14,15,19). The first-order chi connectivity index (χ1) is 9.49. The molecule has 112 valence electrons. The Hall–Kier alpha value is -1.21. The van der Waals surface area contributed by atoms with Crippen LogP contribution in [0.2, 0.25) is 0 Å². The molecule has 20 heavy (non-hydrogen) atoms. The van der Waals surface area contributed by atoms with Crippen LogP contribution in [0.15, 0.2) is 0 Å². The van der Waals surface area contributed by atoms with Crippen LogP contribution in [0.25, 0.3) is 0 Å². The van der Waals surface area contributed by atoms with Crippen molar-refractivity contribution in [2.45, 2.75) is 45.7 Å². The molecule has 1 aromatic rings. The van der Waals surface area contributed by atoms with Crippen molar-refractivity contribution < 1.29 is 4.79 Å². The predicted octanol–water partition coefficient (Wildman–Crippen LogP) is 1.52. The number of aryl methyl sites for hydroxylation is 1. The normalized spacial score (nSPS) is 18.1. The average molecular weight is 297 g/mol. The second kappa shape index (κ2) is 6.49. The van der Waals surface area contributed by atoms with Gasteiger partial charge in [0.15, 0.2) is 0 Å². The van der Waals surface area contributed by atoms with Crippen LogP contribution in [0, 0.1) is 6.92 Å². The molecule has 6 nitrogen and oxygen atoms in total. The molecule has 0 atom stereocenters. The topological polar surface area (TPSA) is 70.1 Å². The molecule has 1 aliphatic rings. The van der Waals surface area contributed by atoms with E-state index in [9.17, 15) is 4.79 Å². The molecule has 0 bridgehead atoms. The lowest BCUT2D eigenvalue weighted by Crippen LogP contribution is -2.44.